The number of likely N-dealkylation sites (N-methyl/N-ethyl adjacent to an activating group) is 1. The highest BCUT2D eigenvalue weighted by Crippen LogP contribution is 2.14. The predicted molar refractivity (Wildman–Crippen MR) is 75.3 cm³/mol. The Morgan fingerprint density at radius 1 is 1.39 bits per heavy atom. The summed E-state index contributed by atoms with van der Waals surface area (Å²) in [5.41, 5.74) is 0.696. The van der Waals surface area contributed by atoms with E-state index in [9.17, 15) is 4.79 Å². The van der Waals surface area contributed by atoms with Crippen LogP contribution in [0.4, 0.5) is 0 Å². The molecule has 3 nitrogen and oxygen atoms in total. The van der Waals surface area contributed by atoms with E-state index in [4.69, 9.17) is 5.26 Å². The third-order valence-corrected chi connectivity index (χ3v) is 3.48. The average Bonchev–Trinajstić information content (AvgIpc) is 2.37. The molecule has 0 aliphatic heterocycles. The summed E-state index contributed by atoms with van der Waals surface area (Å²) in [6, 6.07) is 9.30. The number of rotatable bonds is 5. The molecule has 0 radical (unpaired) electrons. The largest absolute Gasteiger partial charge is 0.295 e. The van der Waals surface area contributed by atoms with Crippen molar-refractivity contribution in [3.8, 4) is 6.07 Å². The Labute approximate surface area is 117 Å². The van der Waals surface area contributed by atoms with Gasteiger partial charge >= 0.3 is 0 Å². The first-order chi connectivity index (χ1) is 8.45. The first-order valence-electron chi connectivity index (χ1n) is 5.85. The van der Waals surface area contributed by atoms with Crippen molar-refractivity contribution in [3.63, 3.8) is 0 Å². The number of Topliss-reactive ketones (excluding diaryl/α,β-unsaturated/α-hetero) is 1. The molecular formula is C14H17BrN2O. The van der Waals surface area contributed by atoms with E-state index in [1.807, 2.05) is 50.1 Å². The molecule has 0 amide bonds. The third kappa shape index (κ3) is 3.94. The van der Waals surface area contributed by atoms with Crippen molar-refractivity contribution in [1.29, 1.82) is 5.26 Å². The minimum Gasteiger partial charge on any atom is -0.295 e. The smallest absolute Gasteiger partial charge is 0.179 e. The Balaban J connectivity index is 2.72. The summed E-state index contributed by atoms with van der Waals surface area (Å²) in [7, 11) is 1.87. The maximum absolute atomic E-state index is 12.2. The highest BCUT2D eigenvalue weighted by atomic mass is 79.9. The number of hydrogen-bond acceptors (Lipinski definition) is 3. The summed E-state index contributed by atoms with van der Waals surface area (Å²) >= 11 is 3.34. The van der Waals surface area contributed by atoms with Crippen LogP contribution in [0.2, 0.25) is 0 Å². The second-order valence-electron chi connectivity index (χ2n) is 4.52. The zero-order valence-corrected chi connectivity index (χ0v) is 12.4. The number of ketones is 1. The predicted octanol–water partition coefficient (Wildman–Crippen LogP) is 3.11. The van der Waals surface area contributed by atoms with Crippen LogP contribution in [-0.4, -0.2) is 30.3 Å². The summed E-state index contributed by atoms with van der Waals surface area (Å²) in [6.45, 7) is 4.32. The van der Waals surface area contributed by atoms with E-state index in [1.54, 1.807) is 0 Å². The van der Waals surface area contributed by atoms with E-state index in [0.717, 1.165) is 4.47 Å². The van der Waals surface area contributed by atoms with E-state index in [0.29, 0.717) is 12.1 Å². The molecule has 0 bridgehead atoms. The number of carbonyl (C=O) groups excluding carboxylic acids is 1. The second kappa shape index (κ2) is 6.67. The lowest BCUT2D eigenvalue weighted by Crippen LogP contribution is -2.38. The minimum absolute atomic E-state index is 0.0739. The fourth-order valence-corrected chi connectivity index (χ4v) is 1.95. The van der Waals surface area contributed by atoms with Crippen LogP contribution in [-0.2, 0) is 0 Å². The van der Waals surface area contributed by atoms with Gasteiger partial charge in [0.2, 0.25) is 0 Å². The first kappa shape index (κ1) is 14.9. The Bertz CT molecular complexity index is 450. The SMILES string of the molecule is CC(C#N)CN(C)C(C)C(=O)c1ccc(Br)cc1. The summed E-state index contributed by atoms with van der Waals surface area (Å²) < 4.78 is 0.957. The van der Waals surface area contributed by atoms with Crippen molar-refractivity contribution in [2.75, 3.05) is 13.6 Å². The first-order valence-corrected chi connectivity index (χ1v) is 6.64. The molecule has 0 saturated heterocycles. The molecule has 0 spiro atoms. The highest BCUT2D eigenvalue weighted by molar-refractivity contribution is 9.10. The molecule has 0 aliphatic carbocycles. The standard InChI is InChI=1S/C14H17BrN2O/c1-10(8-16)9-17(3)11(2)14(18)12-4-6-13(15)7-5-12/h4-7,10-11H,9H2,1-3H3. The third-order valence-electron chi connectivity index (χ3n) is 2.95. The normalized spacial score (nSPS) is 14.0. The fraction of sp³-hybridized carbons (Fsp3) is 0.429. The van der Waals surface area contributed by atoms with E-state index in [1.165, 1.54) is 0 Å². The topological polar surface area (TPSA) is 44.1 Å². The van der Waals surface area contributed by atoms with E-state index in [-0.39, 0.29) is 17.7 Å². The van der Waals surface area contributed by atoms with Gasteiger partial charge in [-0.05, 0) is 33.0 Å². The summed E-state index contributed by atoms with van der Waals surface area (Å²) in [4.78, 5) is 14.1. The van der Waals surface area contributed by atoms with Gasteiger partial charge < -0.3 is 0 Å². The van der Waals surface area contributed by atoms with Crippen LogP contribution in [0, 0.1) is 17.2 Å². The van der Waals surface area contributed by atoms with Crippen LogP contribution in [0.3, 0.4) is 0 Å². The molecule has 1 rings (SSSR count). The van der Waals surface area contributed by atoms with Gasteiger partial charge in [0.25, 0.3) is 0 Å². The maximum Gasteiger partial charge on any atom is 0.179 e. The van der Waals surface area contributed by atoms with E-state index in [2.05, 4.69) is 22.0 Å². The number of nitriles is 1. The van der Waals surface area contributed by atoms with Gasteiger partial charge in [-0.3, -0.25) is 9.69 Å². The van der Waals surface area contributed by atoms with Crippen molar-refractivity contribution < 1.29 is 4.79 Å². The van der Waals surface area contributed by atoms with E-state index >= 15 is 0 Å². The molecule has 96 valence electrons. The molecule has 4 heteroatoms. The Hall–Kier alpha value is -1.18. The number of halogens is 1. The summed E-state index contributed by atoms with van der Waals surface area (Å²) in [5, 5.41) is 8.78. The Morgan fingerprint density at radius 3 is 2.44 bits per heavy atom. The van der Waals surface area contributed by atoms with Crippen LogP contribution < -0.4 is 0 Å². The van der Waals surface area contributed by atoms with Gasteiger partial charge in [-0.25, -0.2) is 0 Å². The highest BCUT2D eigenvalue weighted by Gasteiger charge is 2.20. The van der Waals surface area contributed by atoms with Gasteiger partial charge in [0, 0.05) is 16.6 Å². The van der Waals surface area contributed by atoms with Gasteiger partial charge in [0.15, 0.2) is 5.78 Å². The van der Waals surface area contributed by atoms with Crippen LogP contribution in [0.5, 0.6) is 0 Å². The van der Waals surface area contributed by atoms with Crippen molar-refractivity contribution in [3.05, 3.63) is 34.3 Å². The molecule has 0 aromatic heterocycles. The lowest BCUT2D eigenvalue weighted by molar-refractivity contribution is 0.0862. The van der Waals surface area contributed by atoms with Crippen LogP contribution in [0.1, 0.15) is 24.2 Å². The Morgan fingerprint density at radius 2 is 1.94 bits per heavy atom. The zero-order valence-electron chi connectivity index (χ0n) is 10.9. The van der Waals surface area contributed by atoms with Crippen LogP contribution in [0.25, 0.3) is 0 Å². The van der Waals surface area contributed by atoms with Crippen LogP contribution >= 0.6 is 15.9 Å². The molecule has 0 aliphatic rings. The van der Waals surface area contributed by atoms with Crippen LogP contribution in [0.15, 0.2) is 28.7 Å². The van der Waals surface area contributed by atoms with Gasteiger partial charge in [-0.2, -0.15) is 5.26 Å². The number of carbonyl (C=O) groups is 1. The van der Waals surface area contributed by atoms with Crippen molar-refractivity contribution in [2.45, 2.75) is 19.9 Å². The average molecular weight is 309 g/mol. The minimum atomic E-state index is -0.220. The fourth-order valence-electron chi connectivity index (χ4n) is 1.69. The molecule has 0 N–H and O–H groups in total. The maximum atomic E-state index is 12.2. The molecule has 1 aromatic rings. The van der Waals surface area contributed by atoms with Crippen molar-refractivity contribution in [1.82, 2.24) is 4.90 Å². The molecule has 0 fully saturated rings. The van der Waals surface area contributed by atoms with Gasteiger partial charge in [-0.1, -0.05) is 28.1 Å². The molecule has 2 atom stereocenters. The quantitative estimate of drug-likeness (QED) is 0.785. The van der Waals surface area contributed by atoms with Gasteiger partial charge in [-0.15, -0.1) is 0 Å². The van der Waals surface area contributed by atoms with Gasteiger partial charge in [0.1, 0.15) is 0 Å². The van der Waals surface area contributed by atoms with Crippen molar-refractivity contribution >= 4 is 21.7 Å². The monoisotopic (exact) mass is 308 g/mol. The summed E-state index contributed by atoms with van der Waals surface area (Å²) in [6.07, 6.45) is 0. The molecule has 18 heavy (non-hydrogen) atoms. The lowest BCUT2D eigenvalue weighted by atomic mass is 10.0. The second-order valence-corrected chi connectivity index (χ2v) is 5.43. The number of hydrogen-bond donors (Lipinski definition) is 0. The molecule has 0 saturated carbocycles. The van der Waals surface area contributed by atoms with Gasteiger partial charge in [0.05, 0.1) is 18.0 Å². The lowest BCUT2D eigenvalue weighted by Gasteiger charge is -2.24. The molecule has 0 heterocycles. The Kier molecular flexibility index (Phi) is 5.52. The molecule has 2 unspecified atom stereocenters. The molecular weight excluding hydrogens is 292 g/mol. The molecule has 1 aromatic carbocycles. The van der Waals surface area contributed by atoms with Crippen molar-refractivity contribution in [2.24, 2.45) is 5.92 Å². The van der Waals surface area contributed by atoms with E-state index < -0.39 is 0 Å². The summed E-state index contributed by atoms with van der Waals surface area (Å²) in [5.74, 6) is 0.00491. The number of nitrogens with zero attached hydrogens (tertiary/aromatic N) is 2. The number of benzene rings is 1. The zero-order chi connectivity index (χ0) is 13.7.